The first-order chi connectivity index (χ1) is 33.9. The summed E-state index contributed by atoms with van der Waals surface area (Å²) in [5, 5.41) is 44.3. The predicted octanol–water partition coefficient (Wildman–Crippen LogP) is 6.83. The maximum absolute atomic E-state index is 12.3. The molecular formula is C56H100O16Zr. The van der Waals surface area contributed by atoms with Crippen LogP contribution in [0.15, 0.2) is 0 Å². The minimum absolute atomic E-state index is 0. The van der Waals surface area contributed by atoms with Crippen molar-refractivity contribution >= 4 is 47.0 Å². The molecule has 0 radical (unpaired) electrons. The van der Waals surface area contributed by atoms with Crippen LogP contribution in [0.2, 0.25) is 0 Å². The fourth-order valence-corrected chi connectivity index (χ4v) is 8.59. The van der Waals surface area contributed by atoms with Gasteiger partial charge in [0.15, 0.2) is 47.5 Å². The third kappa shape index (κ3) is 26.3. The number of rotatable bonds is 40. The maximum Gasteiger partial charge on any atom is 4.00 e. The smallest absolute Gasteiger partial charge is 0.547 e. The van der Waals surface area contributed by atoms with Gasteiger partial charge in [-0.1, -0.05) is 136 Å². The average Bonchev–Trinajstić information content (AvgIpc) is 3.37. The molecule has 0 saturated heterocycles. The van der Waals surface area contributed by atoms with Gasteiger partial charge in [0.1, 0.15) is 0 Å². The molecule has 17 heteroatoms. The van der Waals surface area contributed by atoms with Crippen molar-refractivity contribution in [3.63, 3.8) is 0 Å². The van der Waals surface area contributed by atoms with Gasteiger partial charge < -0.3 is 58.6 Å². The van der Waals surface area contributed by atoms with Gasteiger partial charge in [-0.3, -0.25) is 19.2 Å². The van der Waals surface area contributed by atoms with Gasteiger partial charge in [0, 0.05) is 48.1 Å². The number of Topliss-reactive ketones (excluding diaryl/α,β-unsaturated/α-hetero) is 4. The third-order valence-electron chi connectivity index (χ3n) is 15.2. The summed E-state index contributed by atoms with van der Waals surface area (Å²) in [6, 6.07) is 0. The minimum atomic E-state index is -1.42. The monoisotopic (exact) mass is 1120 g/mol. The van der Waals surface area contributed by atoms with E-state index in [0.29, 0.717) is 77.0 Å². The molecule has 0 aromatic heterocycles. The molecule has 0 aromatic carbocycles. The number of hydrogen-bond donors (Lipinski definition) is 0. The van der Waals surface area contributed by atoms with Crippen LogP contribution in [0, 0.1) is 21.7 Å². The fraction of sp³-hybridized carbons (Fsp3) is 0.857. The number of carbonyl (C=O) groups is 8. The number of carboxylic acids is 4. The quantitative estimate of drug-likeness (QED) is 0.0450. The third-order valence-corrected chi connectivity index (χ3v) is 15.2. The summed E-state index contributed by atoms with van der Waals surface area (Å²) in [7, 11) is 0. The Labute approximate surface area is 460 Å². The van der Waals surface area contributed by atoms with Crippen molar-refractivity contribution in [3.05, 3.63) is 0 Å². The van der Waals surface area contributed by atoms with Crippen molar-refractivity contribution in [1.82, 2.24) is 0 Å². The second-order valence-corrected chi connectivity index (χ2v) is 18.5. The molecule has 0 aliphatic rings. The molecule has 0 aliphatic heterocycles. The summed E-state index contributed by atoms with van der Waals surface area (Å²) >= 11 is 0. The van der Waals surface area contributed by atoms with Gasteiger partial charge in [-0.15, -0.1) is 0 Å². The first kappa shape index (κ1) is 79.2. The Balaban J connectivity index is -0.000000280. The van der Waals surface area contributed by atoms with Crippen LogP contribution >= 0.6 is 0 Å². The standard InChI is InChI=1S/4C14H26O4.Zr/c4*1-5-9-10-18-11(13(16)17)12(15)14(6-2,7-3)8-4;/h4*11H,5-10H2,1-4H3,(H,16,17);/q;;;;+4/p-4. The van der Waals surface area contributed by atoms with Crippen LogP contribution in [0.3, 0.4) is 0 Å². The van der Waals surface area contributed by atoms with E-state index in [1.54, 1.807) is 0 Å². The number of unbranched alkanes of at least 4 members (excludes halogenated alkanes) is 4. The Kier molecular flexibility index (Phi) is 48.2. The molecule has 4 atom stereocenters. The van der Waals surface area contributed by atoms with Gasteiger partial charge in [0.2, 0.25) is 0 Å². The first-order valence-corrected chi connectivity index (χ1v) is 27.4. The van der Waals surface area contributed by atoms with Crippen LogP contribution in [-0.2, 0) is 83.5 Å². The Morgan fingerprint density at radius 2 is 0.411 bits per heavy atom. The topological polar surface area (TPSA) is 266 Å². The number of aliphatic carboxylic acids is 4. The van der Waals surface area contributed by atoms with E-state index < -0.39 is 70.0 Å². The van der Waals surface area contributed by atoms with E-state index in [1.807, 2.05) is 111 Å². The Morgan fingerprint density at radius 1 is 0.288 bits per heavy atom. The van der Waals surface area contributed by atoms with Crippen LogP contribution < -0.4 is 20.4 Å². The molecule has 0 fully saturated rings. The van der Waals surface area contributed by atoms with Crippen LogP contribution in [-0.4, -0.2) is 97.9 Å². The predicted molar refractivity (Wildman–Crippen MR) is 272 cm³/mol. The molecule has 0 saturated carbocycles. The zero-order valence-corrected chi connectivity index (χ0v) is 50.8. The molecule has 0 amide bonds. The molecule has 0 aliphatic carbocycles. The fourth-order valence-electron chi connectivity index (χ4n) is 8.59. The van der Waals surface area contributed by atoms with E-state index >= 15 is 0 Å². The van der Waals surface area contributed by atoms with Crippen molar-refractivity contribution in [1.29, 1.82) is 0 Å². The summed E-state index contributed by atoms with van der Waals surface area (Å²) in [5.41, 5.74) is -2.40. The second kappa shape index (κ2) is 44.4. The Morgan fingerprint density at radius 3 is 0.493 bits per heavy atom. The number of carboxylic acid groups (broad SMARTS) is 4. The van der Waals surface area contributed by atoms with Gasteiger partial charge in [-0.25, -0.2) is 0 Å². The van der Waals surface area contributed by atoms with Gasteiger partial charge in [-0.2, -0.15) is 0 Å². The van der Waals surface area contributed by atoms with Gasteiger partial charge >= 0.3 is 26.2 Å². The van der Waals surface area contributed by atoms with Crippen molar-refractivity contribution in [2.24, 2.45) is 21.7 Å². The van der Waals surface area contributed by atoms with E-state index in [0.717, 1.165) is 51.4 Å². The van der Waals surface area contributed by atoms with Crippen molar-refractivity contribution in [3.8, 4) is 0 Å². The molecule has 4 unspecified atom stereocenters. The summed E-state index contributed by atoms with van der Waals surface area (Å²) in [6.45, 7) is 31.9. The van der Waals surface area contributed by atoms with Gasteiger partial charge in [0.25, 0.3) is 0 Å². The summed E-state index contributed by atoms with van der Waals surface area (Å²) in [6.07, 6.45) is 8.38. The average molecular weight is 1120 g/mol. The first-order valence-electron chi connectivity index (χ1n) is 27.4. The van der Waals surface area contributed by atoms with E-state index in [-0.39, 0.29) is 75.8 Å². The van der Waals surface area contributed by atoms with Crippen molar-refractivity contribution in [2.45, 2.75) is 264 Å². The van der Waals surface area contributed by atoms with E-state index in [1.165, 1.54) is 0 Å². The van der Waals surface area contributed by atoms with Crippen molar-refractivity contribution in [2.75, 3.05) is 26.4 Å². The number of hydrogen-bond acceptors (Lipinski definition) is 16. The molecule has 0 bridgehead atoms. The van der Waals surface area contributed by atoms with Crippen LogP contribution in [0.4, 0.5) is 0 Å². The van der Waals surface area contributed by atoms with E-state index in [4.69, 9.17) is 18.9 Å². The van der Waals surface area contributed by atoms with Crippen LogP contribution in [0.1, 0.15) is 239 Å². The molecule has 424 valence electrons. The normalized spacial score (nSPS) is 13.2. The summed E-state index contributed by atoms with van der Waals surface area (Å²) < 4.78 is 20.8. The molecular weight excluding hydrogens is 1020 g/mol. The van der Waals surface area contributed by atoms with Crippen molar-refractivity contribution < 1.29 is 104 Å². The zero-order chi connectivity index (χ0) is 56.7. The SMILES string of the molecule is CCCCOC(C(=O)[O-])C(=O)C(CC)(CC)CC.CCCCOC(C(=O)[O-])C(=O)C(CC)(CC)CC.CCCCOC(C(=O)[O-])C(=O)C(CC)(CC)CC.CCCCOC(C(=O)[O-])C(=O)C(CC)(CC)CC.[Zr+4]. The Hall–Kier alpha value is -2.72. The van der Waals surface area contributed by atoms with Gasteiger partial charge in [0.05, 0.1) is 23.9 Å². The maximum atomic E-state index is 12.3. The molecule has 0 heterocycles. The van der Waals surface area contributed by atoms with Crippen LogP contribution in [0.5, 0.6) is 0 Å². The number of carbonyl (C=O) groups excluding carboxylic acids is 8. The molecule has 0 aromatic rings. The van der Waals surface area contributed by atoms with E-state index in [9.17, 15) is 58.8 Å². The Bertz CT molecular complexity index is 1270. The number of ether oxygens (including phenoxy) is 4. The van der Waals surface area contributed by atoms with E-state index in [2.05, 4.69) is 0 Å². The van der Waals surface area contributed by atoms with Crippen LogP contribution in [0.25, 0.3) is 0 Å². The largest absolute Gasteiger partial charge is 4.00 e. The molecule has 0 spiro atoms. The minimum Gasteiger partial charge on any atom is -0.547 e. The number of ketones is 4. The molecule has 73 heavy (non-hydrogen) atoms. The molecule has 16 nitrogen and oxygen atoms in total. The second-order valence-electron chi connectivity index (χ2n) is 18.5. The zero-order valence-electron chi connectivity index (χ0n) is 48.3. The van der Waals surface area contributed by atoms with Gasteiger partial charge in [-0.05, 0) is 103 Å². The molecule has 0 rings (SSSR count). The molecule has 0 N–H and O–H groups in total. The summed E-state index contributed by atoms with van der Waals surface area (Å²) in [5.74, 6) is -7.05. The summed E-state index contributed by atoms with van der Waals surface area (Å²) in [4.78, 5) is 93.7.